The van der Waals surface area contributed by atoms with Gasteiger partial charge in [-0.3, -0.25) is 4.90 Å². The van der Waals surface area contributed by atoms with E-state index in [1.807, 2.05) is 0 Å². The van der Waals surface area contributed by atoms with Gasteiger partial charge in [-0.1, -0.05) is 30.3 Å². The van der Waals surface area contributed by atoms with Crippen molar-refractivity contribution in [2.45, 2.75) is 37.8 Å². The number of piperazine rings is 1. The summed E-state index contributed by atoms with van der Waals surface area (Å²) in [5.41, 5.74) is 1.78. The topological polar surface area (TPSA) is 24.5 Å². The van der Waals surface area contributed by atoms with Gasteiger partial charge in [0.15, 0.2) is 0 Å². The van der Waals surface area contributed by atoms with Crippen LogP contribution in [0.1, 0.15) is 25.3 Å². The fourth-order valence-electron chi connectivity index (χ4n) is 3.48. The molecule has 1 unspecified atom stereocenters. The molecular formula is C17H26N2O. The van der Waals surface area contributed by atoms with Crippen molar-refractivity contribution in [3.05, 3.63) is 35.9 Å². The van der Waals surface area contributed by atoms with E-state index in [9.17, 15) is 0 Å². The molecule has 3 rings (SSSR count). The van der Waals surface area contributed by atoms with Gasteiger partial charge in [-0.25, -0.2) is 0 Å². The zero-order chi connectivity index (χ0) is 13.8. The molecule has 1 aromatic carbocycles. The molecular weight excluding hydrogens is 248 g/mol. The Bertz CT molecular complexity index is 414. The van der Waals surface area contributed by atoms with Gasteiger partial charge < -0.3 is 10.1 Å². The average molecular weight is 274 g/mol. The maximum Gasteiger partial charge on any atom is 0.0483 e. The predicted octanol–water partition coefficient (Wildman–Crippen LogP) is 2.07. The molecule has 3 nitrogen and oxygen atoms in total. The van der Waals surface area contributed by atoms with E-state index in [1.54, 1.807) is 0 Å². The van der Waals surface area contributed by atoms with E-state index in [2.05, 4.69) is 47.5 Å². The third-order valence-electron chi connectivity index (χ3n) is 4.91. The lowest BCUT2D eigenvalue weighted by atomic mass is 9.88. The number of hydrogen-bond acceptors (Lipinski definition) is 3. The van der Waals surface area contributed by atoms with E-state index in [-0.39, 0.29) is 0 Å². The first-order valence-corrected chi connectivity index (χ1v) is 7.86. The summed E-state index contributed by atoms with van der Waals surface area (Å²) >= 11 is 0. The molecule has 2 fully saturated rings. The van der Waals surface area contributed by atoms with Crippen LogP contribution < -0.4 is 5.32 Å². The quantitative estimate of drug-likeness (QED) is 0.913. The van der Waals surface area contributed by atoms with Gasteiger partial charge in [0.2, 0.25) is 0 Å². The van der Waals surface area contributed by atoms with E-state index in [0.717, 1.165) is 32.7 Å². The largest absolute Gasteiger partial charge is 0.381 e. The second kappa shape index (κ2) is 6.25. The van der Waals surface area contributed by atoms with Crippen LogP contribution in [0.15, 0.2) is 30.3 Å². The molecule has 1 N–H and O–H groups in total. The molecule has 0 aromatic heterocycles. The van der Waals surface area contributed by atoms with E-state index in [0.29, 0.717) is 11.6 Å². The zero-order valence-corrected chi connectivity index (χ0v) is 12.5. The SMILES string of the molecule is CC1(N2CCNC(Cc3ccccc3)C2)CCOCC1. The number of ether oxygens (including phenoxy) is 1. The Balaban J connectivity index is 1.61. The standard InChI is InChI=1S/C17H26N2O/c1-17(7-11-20-12-8-17)19-10-9-18-16(14-19)13-15-5-3-2-4-6-15/h2-6,16,18H,7-14H2,1H3. The first-order valence-electron chi connectivity index (χ1n) is 7.86. The minimum absolute atomic E-state index is 0.343. The van der Waals surface area contributed by atoms with Crippen LogP contribution in [-0.2, 0) is 11.2 Å². The van der Waals surface area contributed by atoms with Crippen LogP contribution in [0.25, 0.3) is 0 Å². The van der Waals surface area contributed by atoms with Gasteiger partial charge in [-0.2, -0.15) is 0 Å². The van der Waals surface area contributed by atoms with E-state index >= 15 is 0 Å². The molecule has 0 aliphatic carbocycles. The Morgan fingerprint density at radius 3 is 2.75 bits per heavy atom. The van der Waals surface area contributed by atoms with Gasteiger partial charge in [0, 0.05) is 44.4 Å². The summed E-state index contributed by atoms with van der Waals surface area (Å²) in [4.78, 5) is 2.69. The Morgan fingerprint density at radius 2 is 2.00 bits per heavy atom. The van der Waals surface area contributed by atoms with Crippen LogP contribution >= 0.6 is 0 Å². The van der Waals surface area contributed by atoms with Crippen molar-refractivity contribution < 1.29 is 4.74 Å². The van der Waals surface area contributed by atoms with Crippen molar-refractivity contribution in [1.82, 2.24) is 10.2 Å². The maximum atomic E-state index is 5.54. The molecule has 0 spiro atoms. The van der Waals surface area contributed by atoms with Crippen molar-refractivity contribution in [2.24, 2.45) is 0 Å². The van der Waals surface area contributed by atoms with Crippen molar-refractivity contribution in [3.8, 4) is 0 Å². The first-order chi connectivity index (χ1) is 9.76. The zero-order valence-electron chi connectivity index (χ0n) is 12.5. The molecule has 2 heterocycles. The second-order valence-corrected chi connectivity index (χ2v) is 6.40. The maximum absolute atomic E-state index is 5.54. The number of rotatable bonds is 3. The summed E-state index contributed by atoms with van der Waals surface area (Å²) in [7, 11) is 0. The molecule has 2 aliphatic heterocycles. The average Bonchev–Trinajstić information content (AvgIpc) is 2.49. The highest BCUT2D eigenvalue weighted by molar-refractivity contribution is 5.16. The van der Waals surface area contributed by atoms with Gasteiger partial charge in [0.05, 0.1) is 0 Å². The lowest BCUT2D eigenvalue weighted by molar-refractivity contribution is -0.0298. The normalized spacial score (nSPS) is 27.4. The molecule has 0 bridgehead atoms. The number of nitrogens with zero attached hydrogens (tertiary/aromatic N) is 1. The Morgan fingerprint density at radius 1 is 1.25 bits per heavy atom. The number of benzene rings is 1. The Kier molecular flexibility index (Phi) is 4.39. The summed E-state index contributed by atoms with van der Waals surface area (Å²) in [6, 6.07) is 11.4. The minimum atomic E-state index is 0.343. The third-order valence-corrected chi connectivity index (χ3v) is 4.91. The summed E-state index contributed by atoms with van der Waals surface area (Å²) in [6.07, 6.45) is 3.47. The highest BCUT2D eigenvalue weighted by atomic mass is 16.5. The molecule has 3 heteroatoms. The molecule has 110 valence electrons. The van der Waals surface area contributed by atoms with Crippen LogP contribution in [-0.4, -0.2) is 49.3 Å². The van der Waals surface area contributed by atoms with Gasteiger partial charge in [-0.05, 0) is 31.7 Å². The first kappa shape index (κ1) is 14.1. The van der Waals surface area contributed by atoms with E-state index in [4.69, 9.17) is 4.74 Å². The van der Waals surface area contributed by atoms with Crippen molar-refractivity contribution in [1.29, 1.82) is 0 Å². The van der Waals surface area contributed by atoms with Crippen molar-refractivity contribution >= 4 is 0 Å². The van der Waals surface area contributed by atoms with E-state index < -0.39 is 0 Å². The Labute approximate surface area is 122 Å². The Hall–Kier alpha value is -0.900. The predicted molar refractivity (Wildman–Crippen MR) is 82.0 cm³/mol. The molecule has 0 radical (unpaired) electrons. The monoisotopic (exact) mass is 274 g/mol. The van der Waals surface area contributed by atoms with Crippen LogP contribution in [0.4, 0.5) is 0 Å². The third kappa shape index (κ3) is 3.22. The second-order valence-electron chi connectivity index (χ2n) is 6.40. The fourth-order valence-corrected chi connectivity index (χ4v) is 3.48. The summed E-state index contributed by atoms with van der Waals surface area (Å²) < 4.78 is 5.54. The van der Waals surface area contributed by atoms with Crippen LogP contribution in [0.3, 0.4) is 0 Å². The highest BCUT2D eigenvalue weighted by Crippen LogP contribution is 2.28. The van der Waals surface area contributed by atoms with Crippen LogP contribution in [0.5, 0.6) is 0 Å². The van der Waals surface area contributed by atoms with Crippen molar-refractivity contribution in [3.63, 3.8) is 0 Å². The molecule has 1 atom stereocenters. The number of hydrogen-bond donors (Lipinski definition) is 1. The van der Waals surface area contributed by atoms with Gasteiger partial charge in [0.25, 0.3) is 0 Å². The minimum Gasteiger partial charge on any atom is -0.381 e. The molecule has 20 heavy (non-hydrogen) atoms. The van der Waals surface area contributed by atoms with Crippen LogP contribution in [0.2, 0.25) is 0 Å². The summed E-state index contributed by atoms with van der Waals surface area (Å²) in [6.45, 7) is 7.69. The summed E-state index contributed by atoms with van der Waals surface area (Å²) in [5, 5.41) is 3.68. The van der Waals surface area contributed by atoms with Gasteiger partial charge >= 0.3 is 0 Å². The molecule has 2 aliphatic rings. The lowest BCUT2D eigenvalue weighted by Crippen LogP contribution is -2.60. The molecule has 2 saturated heterocycles. The molecule has 1 aromatic rings. The smallest absolute Gasteiger partial charge is 0.0483 e. The number of nitrogens with one attached hydrogen (secondary N) is 1. The van der Waals surface area contributed by atoms with E-state index in [1.165, 1.54) is 24.9 Å². The molecule has 0 saturated carbocycles. The van der Waals surface area contributed by atoms with Crippen LogP contribution in [0, 0.1) is 0 Å². The summed E-state index contributed by atoms with van der Waals surface area (Å²) in [5.74, 6) is 0. The molecule has 0 amide bonds. The highest BCUT2D eigenvalue weighted by Gasteiger charge is 2.36. The van der Waals surface area contributed by atoms with Gasteiger partial charge in [0.1, 0.15) is 0 Å². The lowest BCUT2D eigenvalue weighted by Gasteiger charge is -2.47. The fraction of sp³-hybridized carbons (Fsp3) is 0.647. The van der Waals surface area contributed by atoms with Gasteiger partial charge in [-0.15, -0.1) is 0 Å². The van der Waals surface area contributed by atoms with Crippen molar-refractivity contribution in [2.75, 3.05) is 32.8 Å².